The van der Waals surface area contributed by atoms with Crippen LogP contribution in [-0.4, -0.2) is 74.3 Å². The van der Waals surface area contributed by atoms with Crippen LogP contribution in [0.4, 0.5) is 0 Å². The lowest BCUT2D eigenvalue weighted by Crippen LogP contribution is -2.47. The molecule has 3 unspecified atom stereocenters. The highest BCUT2D eigenvalue weighted by atomic mass is 31.2. The van der Waals surface area contributed by atoms with Crippen molar-refractivity contribution in [3.05, 3.63) is 146 Å². The molecule has 0 aromatic carbocycles. The van der Waals surface area contributed by atoms with Crippen molar-refractivity contribution in [2.45, 2.75) is 219 Å². The molecule has 430 valence electrons. The van der Waals surface area contributed by atoms with E-state index in [1.165, 1.54) is 51.4 Å². The summed E-state index contributed by atoms with van der Waals surface area (Å²) in [5.74, 6) is -0.655. The summed E-state index contributed by atoms with van der Waals surface area (Å²) in [7, 11) is 1.41. The summed E-state index contributed by atoms with van der Waals surface area (Å²) in [5.41, 5.74) is 0. The summed E-state index contributed by atoms with van der Waals surface area (Å²) in [6.45, 7) is 6.67. The zero-order valence-corrected chi connectivity index (χ0v) is 49.8. The molecule has 0 aromatic rings. The molecule has 9 nitrogen and oxygen atoms in total. The summed E-state index contributed by atoms with van der Waals surface area (Å²) < 4.78 is 30.6. The highest BCUT2D eigenvalue weighted by Crippen LogP contribution is 2.43. The Morgan fingerprint density at radius 2 is 0.855 bits per heavy atom. The van der Waals surface area contributed by atoms with Crippen molar-refractivity contribution in [2.24, 2.45) is 0 Å². The highest BCUT2D eigenvalue weighted by Gasteiger charge is 2.30. The number of carbonyl (C=O) groups is 2. The number of unbranched alkanes of at least 4 members (excludes halogenated alkanes) is 13. The first-order valence-electron chi connectivity index (χ1n) is 29.7. The number of ether oxygens (including phenoxy) is 1. The van der Waals surface area contributed by atoms with E-state index in [4.69, 9.17) is 13.8 Å². The van der Waals surface area contributed by atoms with Gasteiger partial charge in [0.2, 0.25) is 5.91 Å². The van der Waals surface area contributed by atoms with Crippen molar-refractivity contribution >= 4 is 19.7 Å². The number of amides is 1. The van der Waals surface area contributed by atoms with Crippen LogP contribution >= 0.6 is 7.82 Å². The first-order chi connectivity index (χ1) is 36.9. The normalized spacial score (nSPS) is 14.8. The number of allylic oxidation sites excluding steroid dienone is 23. The van der Waals surface area contributed by atoms with Crippen molar-refractivity contribution in [2.75, 3.05) is 40.9 Å². The quantitative estimate of drug-likeness (QED) is 0.0205. The van der Waals surface area contributed by atoms with Gasteiger partial charge in [-0.25, -0.2) is 4.57 Å². The fraction of sp³-hybridized carbons (Fsp3) is 0.606. The lowest BCUT2D eigenvalue weighted by atomic mass is 10.1. The molecule has 0 radical (unpaired) electrons. The van der Waals surface area contributed by atoms with E-state index in [0.29, 0.717) is 23.9 Å². The van der Waals surface area contributed by atoms with Crippen LogP contribution in [0.25, 0.3) is 0 Å². The molecule has 76 heavy (non-hydrogen) atoms. The molecular weight excluding hydrogens is 964 g/mol. The van der Waals surface area contributed by atoms with Crippen LogP contribution in [0.1, 0.15) is 207 Å². The molecule has 10 heteroatoms. The van der Waals surface area contributed by atoms with Crippen LogP contribution < -0.4 is 5.32 Å². The third kappa shape index (κ3) is 54.7. The third-order valence-electron chi connectivity index (χ3n) is 12.0. The maximum absolute atomic E-state index is 13.5. The minimum Gasteiger partial charge on any atom is -0.456 e. The summed E-state index contributed by atoms with van der Waals surface area (Å²) in [5, 5.41) is 2.99. The van der Waals surface area contributed by atoms with E-state index in [2.05, 4.69) is 148 Å². The van der Waals surface area contributed by atoms with Gasteiger partial charge in [0.25, 0.3) is 0 Å². The Bertz CT molecular complexity index is 1810. The molecule has 0 aliphatic rings. The number of nitrogens with one attached hydrogen (secondary N) is 1. The molecule has 0 aliphatic heterocycles. The summed E-state index contributed by atoms with van der Waals surface area (Å²) in [4.78, 5) is 37.6. The number of likely N-dealkylation sites (N-methyl/N-ethyl adjacent to an activating group) is 1. The maximum atomic E-state index is 13.5. The van der Waals surface area contributed by atoms with Crippen molar-refractivity contribution in [3.8, 4) is 0 Å². The van der Waals surface area contributed by atoms with Gasteiger partial charge in [-0.1, -0.05) is 225 Å². The SMILES string of the molecule is CC/C=C\C/C=C\C/C=C\C/C=C\C/C=C\C/C=C\CCC(=O)NC(COP(=O)(O)OCC[N+](C)(C)C)C(/C=C/CCCCCCCCCCCC)OC(=O)CCCCC/C=C\C/C=C\C/C=C\C/C=C\C/C=C\CC. The number of nitrogens with zero attached hydrogens (tertiary/aromatic N) is 1. The van der Waals surface area contributed by atoms with E-state index >= 15 is 0 Å². The van der Waals surface area contributed by atoms with E-state index in [-0.39, 0.29) is 37.9 Å². The predicted octanol–water partition coefficient (Wildman–Crippen LogP) is 18.3. The average molecular weight is 1070 g/mol. The van der Waals surface area contributed by atoms with Crippen LogP contribution in [0.5, 0.6) is 0 Å². The number of hydrogen-bond acceptors (Lipinski definition) is 6. The molecule has 3 atom stereocenters. The van der Waals surface area contributed by atoms with Crippen LogP contribution in [-0.2, 0) is 27.9 Å². The lowest BCUT2D eigenvalue weighted by Gasteiger charge is -2.27. The second-order valence-corrected chi connectivity index (χ2v) is 21.9. The Balaban J connectivity index is 5.51. The van der Waals surface area contributed by atoms with Crippen LogP contribution in [0.3, 0.4) is 0 Å². The van der Waals surface area contributed by atoms with Gasteiger partial charge in [-0.2, -0.15) is 0 Å². The van der Waals surface area contributed by atoms with Crippen LogP contribution in [0.15, 0.2) is 146 Å². The van der Waals surface area contributed by atoms with Crippen molar-refractivity contribution < 1.29 is 37.3 Å². The standard InChI is InChI=1S/C66H109N2O7P/c1-7-10-13-16-19-22-25-28-30-32-34-36-38-40-43-46-49-52-55-58-65(69)67-63(62-74-76(71,72)73-61-60-68(4,5)6)64(57-54-51-48-45-42-27-24-21-18-15-12-9-3)75-66(70)59-56-53-50-47-44-41-39-37-35-33-31-29-26-23-20-17-14-11-8-2/h10-11,13-14,19-20,22-23,28-31,34-37,40-41,43-44,49,52,54,57,63-64H,7-9,12,15-18,21,24-27,32-33,38-39,42,45-48,50-51,53,55-56,58-62H2,1-6H3,(H-,67,69,71,72)/p+1/b13-10-,14-11-,22-19-,23-20-,30-28-,31-29-,36-34-,37-35-,43-40-,44-41-,52-49-,57-54+. The second-order valence-electron chi connectivity index (χ2n) is 20.4. The molecule has 0 aromatic heterocycles. The number of rotatable bonds is 51. The number of phosphoric acid groups is 1. The first-order valence-corrected chi connectivity index (χ1v) is 31.2. The monoisotopic (exact) mass is 1070 g/mol. The summed E-state index contributed by atoms with van der Waals surface area (Å²) >= 11 is 0. The molecular formula is C66H110N2O7P+. The van der Waals surface area contributed by atoms with Crippen molar-refractivity contribution in [1.29, 1.82) is 0 Å². The van der Waals surface area contributed by atoms with Crippen LogP contribution in [0, 0.1) is 0 Å². The Morgan fingerprint density at radius 3 is 1.29 bits per heavy atom. The zero-order chi connectivity index (χ0) is 55.7. The van der Waals surface area contributed by atoms with Gasteiger partial charge in [0, 0.05) is 12.8 Å². The molecule has 1 amide bonds. The number of esters is 1. The highest BCUT2D eigenvalue weighted by molar-refractivity contribution is 7.47. The molecule has 0 saturated heterocycles. The van der Waals surface area contributed by atoms with Crippen molar-refractivity contribution in [1.82, 2.24) is 5.32 Å². The Labute approximate surface area is 466 Å². The second kappa shape index (κ2) is 54.3. The topological polar surface area (TPSA) is 111 Å². The molecule has 0 saturated carbocycles. The smallest absolute Gasteiger partial charge is 0.456 e. The van der Waals surface area contributed by atoms with E-state index in [1.54, 1.807) is 0 Å². The molecule has 0 heterocycles. The van der Waals surface area contributed by atoms with Gasteiger partial charge in [0.15, 0.2) is 0 Å². The van der Waals surface area contributed by atoms with Crippen LogP contribution in [0.2, 0.25) is 0 Å². The molecule has 0 spiro atoms. The molecule has 0 rings (SSSR count). The summed E-state index contributed by atoms with van der Waals surface area (Å²) in [6, 6.07) is -0.913. The van der Waals surface area contributed by atoms with Gasteiger partial charge < -0.3 is 19.4 Å². The maximum Gasteiger partial charge on any atom is 0.472 e. The van der Waals surface area contributed by atoms with E-state index in [9.17, 15) is 19.0 Å². The Hall–Kier alpha value is -4.11. The van der Waals surface area contributed by atoms with E-state index in [0.717, 1.165) is 109 Å². The summed E-state index contributed by atoms with van der Waals surface area (Å²) in [6.07, 6.45) is 78.6. The number of carbonyl (C=O) groups excluding carboxylic acids is 2. The number of quaternary nitrogens is 1. The van der Waals surface area contributed by atoms with Gasteiger partial charge in [-0.15, -0.1) is 0 Å². The molecule has 0 fully saturated rings. The van der Waals surface area contributed by atoms with Gasteiger partial charge in [0.05, 0.1) is 33.8 Å². The number of phosphoric ester groups is 1. The zero-order valence-electron chi connectivity index (χ0n) is 48.9. The van der Waals surface area contributed by atoms with E-state index < -0.39 is 20.0 Å². The number of hydrogen-bond donors (Lipinski definition) is 2. The minimum absolute atomic E-state index is 0.0124. The third-order valence-corrected chi connectivity index (χ3v) is 13.0. The average Bonchev–Trinajstić information content (AvgIpc) is 3.38. The minimum atomic E-state index is -4.49. The fourth-order valence-electron chi connectivity index (χ4n) is 7.52. The van der Waals surface area contributed by atoms with Gasteiger partial charge in [-0.3, -0.25) is 18.6 Å². The lowest BCUT2D eigenvalue weighted by molar-refractivity contribution is -0.870. The van der Waals surface area contributed by atoms with Gasteiger partial charge in [0.1, 0.15) is 19.3 Å². The first kappa shape index (κ1) is 71.9. The molecule has 2 N–H and O–H groups in total. The van der Waals surface area contributed by atoms with Gasteiger partial charge >= 0.3 is 13.8 Å². The fourth-order valence-corrected chi connectivity index (χ4v) is 8.25. The largest absolute Gasteiger partial charge is 0.472 e. The molecule has 0 aliphatic carbocycles. The Kier molecular flexibility index (Phi) is 51.3. The van der Waals surface area contributed by atoms with Gasteiger partial charge in [-0.05, 0) is 115 Å². The Morgan fingerprint density at radius 1 is 0.474 bits per heavy atom. The van der Waals surface area contributed by atoms with E-state index in [1.807, 2.05) is 45.4 Å². The van der Waals surface area contributed by atoms with Crippen molar-refractivity contribution in [3.63, 3.8) is 0 Å². The predicted molar refractivity (Wildman–Crippen MR) is 327 cm³/mol. The molecule has 0 bridgehead atoms.